The first-order valence-electron chi connectivity index (χ1n) is 7.28. The van der Waals surface area contributed by atoms with Gasteiger partial charge in [0, 0.05) is 6.04 Å². The van der Waals surface area contributed by atoms with Gasteiger partial charge in [-0.1, -0.05) is 25.4 Å². The first-order chi connectivity index (χ1) is 9.70. The van der Waals surface area contributed by atoms with Gasteiger partial charge in [-0.3, -0.25) is 0 Å². The van der Waals surface area contributed by atoms with E-state index in [1.54, 1.807) is 13.0 Å². The summed E-state index contributed by atoms with van der Waals surface area (Å²) in [4.78, 5) is 0.218. The van der Waals surface area contributed by atoms with E-state index in [-0.39, 0.29) is 16.6 Å². The Morgan fingerprint density at radius 2 is 1.95 bits per heavy atom. The highest BCUT2D eigenvalue weighted by Gasteiger charge is 2.30. The van der Waals surface area contributed by atoms with Crippen LogP contribution in [0.2, 0.25) is 5.02 Å². The zero-order chi connectivity index (χ0) is 15.8. The van der Waals surface area contributed by atoms with Gasteiger partial charge in [-0.25, -0.2) is 13.1 Å². The number of nitrogens with two attached hydrogens (primary N) is 1. The minimum absolute atomic E-state index is 0.0116. The first kappa shape index (κ1) is 16.6. The van der Waals surface area contributed by atoms with Crippen LogP contribution in [0.25, 0.3) is 0 Å². The van der Waals surface area contributed by atoms with Gasteiger partial charge in [0.2, 0.25) is 10.0 Å². The lowest BCUT2D eigenvalue weighted by Crippen LogP contribution is -2.42. The molecule has 2 rings (SSSR count). The normalized spacial score (nSPS) is 26.8. The fourth-order valence-electron chi connectivity index (χ4n) is 3.06. The molecule has 118 valence electrons. The Balaban J connectivity index is 2.25. The zero-order valence-electron chi connectivity index (χ0n) is 12.7. The lowest BCUT2D eigenvalue weighted by Gasteiger charge is -2.33. The molecule has 0 spiro atoms. The Labute approximate surface area is 132 Å². The molecule has 1 aliphatic carbocycles. The van der Waals surface area contributed by atoms with E-state index >= 15 is 0 Å². The maximum atomic E-state index is 12.6. The van der Waals surface area contributed by atoms with Crippen LogP contribution in [0.5, 0.6) is 0 Å². The molecular weight excluding hydrogens is 308 g/mol. The number of benzene rings is 1. The zero-order valence-corrected chi connectivity index (χ0v) is 14.3. The molecule has 1 aliphatic rings. The van der Waals surface area contributed by atoms with E-state index in [2.05, 4.69) is 18.6 Å². The fourth-order valence-corrected chi connectivity index (χ4v) is 4.92. The highest BCUT2D eigenvalue weighted by molar-refractivity contribution is 7.89. The topological polar surface area (TPSA) is 72.2 Å². The first-order valence-corrected chi connectivity index (χ1v) is 9.14. The second-order valence-corrected chi connectivity index (χ2v) is 8.35. The van der Waals surface area contributed by atoms with Crippen molar-refractivity contribution in [3.05, 3.63) is 22.7 Å². The highest BCUT2D eigenvalue weighted by Crippen LogP contribution is 2.31. The molecule has 3 unspecified atom stereocenters. The molecule has 21 heavy (non-hydrogen) atoms. The summed E-state index contributed by atoms with van der Waals surface area (Å²) in [6, 6.07) is 3.02. The lowest BCUT2D eigenvalue weighted by atomic mass is 9.80. The summed E-state index contributed by atoms with van der Waals surface area (Å²) < 4.78 is 28.0. The van der Waals surface area contributed by atoms with Gasteiger partial charge in [-0.2, -0.15) is 0 Å². The Hall–Kier alpha value is -0.780. The smallest absolute Gasteiger partial charge is 0.241 e. The number of nitrogen functional groups attached to an aromatic ring is 1. The standard InChI is InChI=1S/C15H23ClN2O2S/c1-9-4-5-14(10(2)6-9)18-21(19,20)15-8-13(17)12(16)7-11(15)3/h7-10,14,18H,4-6,17H2,1-3H3. The second kappa shape index (κ2) is 6.15. The number of anilines is 1. The molecule has 0 aliphatic heterocycles. The predicted molar refractivity (Wildman–Crippen MR) is 86.9 cm³/mol. The minimum Gasteiger partial charge on any atom is -0.397 e. The molecule has 0 saturated heterocycles. The van der Waals surface area contributed by atoms with Crippen LogP contribution in [0.3, 0.4) is 0 Å². The van der Waals surface area contributed by atoms with Crippen LogP contribution in [0, 0.1) is 18.8 Å². The van der Waals surface area contributed by atoms with Gasteiger partial charge in [0.15, 0.2) is 0 Å². The molecule has 6 heteroatoms. The summed E-state index contributed by atoms with van der Waals surface area (Å²) in [5, 5.41) is 0.381. The maximum absolute atomic E-state index is 12.6. The third kappa shape index (κ3) is 3.71. The van der Waals surface area contributed by atoms with Crippen molar-refractivity contribution in [2.24, 2.45) is 11.8 Å². The van der Waals surface area contributed by atoms with Crippen molar-refractivity contribution >= 4 is 27.3 Å². The summed E-state index contributed by atoms with van der Waals surface area (Å²) in [6.07, 6.45) is 2.98. The summed E-state index contributed by atoms with van der Waals surface area (Å²) in [5.74, 6) is 1.00. The lowest BCUT2D eigenvalue weighted by molar-refractivity contribution is 0.249. The van der Waals surface area contributed by atoms with Crippen molar-refractivity contribution in [1.29, 1.82) is 0 Å². The number of rotatable bonds is 3. The van der Waals surface area contributed by atoms with Gasteiger partial charge in [-0.05, 0) is 55.7 Å². The van der Waals surface area contributed by atoms with Crippen LogP contribution < -0.4 is 10.5 Å². The van der Waals surface area contributed by atoms with E-state index in [9.17, 15) is 8.42 Å². The van der Waals surface area contributed by atoms with E-state index in [0.717, 1.165) is 19.3 Å². The summed E-state index contributed by atoms with van der Waals surface area (Å²) in [5.41, 5.74) is 6.64. The summed E-state index contributed by atoms with van der Waals surface area (Å²) in [7, 11) is -3.57. The Morgan fingerprint density at radius 1 is 1.29 bits per heavy atom. The molecule has 3 atom stereocenters. The highest BCUT2D eigenvalue weighted by atomic mass is 35.5. The van der Waals surface area contributed by atoms with E-state index in [0.29, 0.717) is 22.4 Å². The molecule has 0 heterocycles. The minimum atomic E-state index is -3.57. The van der Waals surface area contributed by atoms with Crippen molar-refractivity contribution in [2.75, 3.05) is 5.73 Å². The third-order valence-corrected chi connectivity index (χ3v) is 6.28. The van der Waals surface area contributed by atoms with Crippen LogP contribution >= 0.6 is 11.6 Å². The molecule has 0 amide bonds. The van der Waals surface area contributed by atoms with Crippen molar-refractivity contribution in [1.82, 2.24) is 4.72 Å². The van der Waals surface area contributed by atoms with E-state index in [1.807, 2.05) is 0 Å². The third-order valence-electron chi connectivity index (χ3n) is 4.32. The summed E-state index contributed by atoms with van der Waals surface area (Å²) in [6.45, 7) is 6.05. The van der Waals surface area contributed by atoms with Crippen molar-refractivity contribution in [3.63, 3.8) is 0 Å². The average Bonchev–Trinajstić information content (AvgIpc) is 2.37. The van der Waals surface area contributed by atoms with Crippen molar-refractivity contribution in [2.45, 2.75) is 51.0 Å². The number of aryl methyl sites for hydroxylation is 1. The van der Waals surface area contributed by atoms with Gasteiger partial charge >= 0.3 is 0 Å². The van der Waals surface area contributed by atoms with Gasteiger partial charge < -0.3 is 5.73 Å². The van der Waals surface area contributed by atoms with Gasteiger partial charge in [0.1, 0.15) is 0 Å². The Bertz CT molecular complexity index is 631. The predicted octanol–water partition coefficient (Wildman–Crippen LogP) is 3.33. The van der Waals surface area contributed by atoms with Gasteiger partial charge in [0.25, 0.3) is 0 Å². The Kier molecular flexibility index (Phi) is 4.85. The number of sulfonamides is 1. The van der Waals surface area contributed by atoms with Crippen LogP contribution in [-0.2, 0) is 10.0 Å². The number of halogens is 1. The molecule has 1 aromatic rings. The molecule has 1 aromatic carbocycles. The maximum Gasteiger partial charge on any atom is 0.241 e. The second-order valence-electron chi connectivity index (χ2n) is 6.26. The van der Waals surface area contributed by atoms with Gasteiger partial charge in [0.05, 0.1) is 15.6 Å². The number of nitrogens with one attached hydrogen (secondary N) is 1. The van der Waals surface area contributed by atoms with E-state index in [1.165, 1.54) is 6.07 Å². The SMILES string of the molecule is Cc1cc(Cl)c(N)cc1S(=O)(=O)NC1CCC(C)CC1C. The van der Waals surface area contributed by atoms with Crippen LogP contribution in [0.4, 0.5) is 5.69 Å². The quantitative estimate of drug-likeness (QED) is 0.835. The monoisotopic (exact) mass is 330 g/mol. The Morgan fingerprint density at radius 3 is 2.57 bits per heavy atom. The molecule has 4 nitrogen and oxygen atoms in total. The van der Waals surface area contributed by atoms with Crippen molar-refractivity contribution in [3.8, 4) is 0 Å². The molecular formula is C15H23ClN2O2S. The van der Waals surface area contributed by atoms with Gasteiger partial charge in [-0.15, -0.1) is 0 Å². The molecule has 1 saturated carbocycles. The van der Waals surface area contributed by atoms with E-state index in [4.69, 9.17) is 17.3 Å². The largest absolute Gasteiger partial charge is 0.397 e. The molecule has 0 bridgehead atoms. The van der Waals surface area contributed by atoms with Crippen LogP contribution in [0.15, 0.2) is 17.0 Å². The van der Waals surface area contributed by atoms with Crippen LogP contribution in [-0.4, -0.2) is 14.5 Å². The van der Waals surface area contributed by atoms with Crippen LogP contribution in [0.1, 0.15) is 38.7 Å². The molecule has 0 radical (unpaired) electrons. The van der Waals surface area contributed by atoms with E-state index < -0.39 is 10.0 Å². The average molecular weight is 331 g/mol. The number of hydrogen-bond donors (Lipinski definition) is 2. The summed E-state index contributed by atoms with van der Waals surface area (Å²) >= 11 is 5.93. The molecule has 0 aromatic heterocycles. The fraction of sp³-hybridized carbons (Fsp3) is 0.600. The molecule has 3 N–H and O–H groups in total. The molecule has 1 fully saturated rings. The number of hydrogen-bond acceptors (Lipinski definition) is 3. The van der Waals surface area contributed by atoms with Crippen molar-refractivity contribution < 1.29 is 8.42 Å².